The minimum Gasteiger partial charge on any atom is -0.379 e. The highest BCUT2D eigenvalue weighted by molar-refractivity contribution is 5.77. The Morgan fingerprint density at radius 2 is 1.03 bits per heavy atom. The first-order chi connectivity index (χ1) is 17.1. The summed E-state index contributed by atoms with van der Waals surface area (Å²) in [6.07, 6.45) is 3.02. The van der Waals surface area contributed by atoms with Gasteiger partial charge in [-0.05, 0) is 26.7 Å². The van der Waals surface area contributed by atoms with Crippen molar-refractivity contribution in [1.29, 1.82) is 0 Å². The lowest BCUT2D eigenvalue weighted by Gasteiger charge is -2.09. The van der Waals surface area contributed by atoms with Gasteiger partial charge in [-0.2, -0.15) is 0 Å². The molecule has 0 radical (unpaired) electrons. The van der Waals surface area contributed by atoms with Gasteiger partial charge in [0.2, 0.25) is 5.91 Å². The van der Waals surface area contributed by atoms with Crippen LogP contribution in [0.5, 0.6) is 0 Å². The van der Waals surface area contributed by atoms with Crippen LogP contribution in [0.1, 0.15) is 46.5 Å². The van der Waals surface area contributed by atoms with Crippen LogP contribution in [0.4, 0.5) is 0 Å². The summed E-state index contributed by atoms with van der Waals surface area (Å²) in [5.74, 6) is 0.303. The smallest absolute Gasteiger partial charge is 0.222 e. The number of rotatable bonds is 28. The van der Waals surface area contributed by atoms with E-state index in [2.05, 4.69) is 5.32 Å². The van der Waals surface area contributed by atoms with Crippen LogP contribution < -0.4 is 5.32 Å². The van der Waals surface area contributed by atoms with Crippen LogP contribution in [0, 0.1) is 5.92 Å². The highest BCUT2D eigenvalue weighted by Crippen LogP contribution is 2.07. The first-order valence-corrected chi connectivity index (χ1v) is 12.9. The van der Waals surface area contributed by atoms with Crippen molar-refractivity contribution in [2.24, 2.45) is 5.92 Å². The van der Waals surface area contributed by atoms with Gasteiger partial charge >= 0.3 is 0 Å². The van der Waals surface area contributed by atoms with Gasteiger partial charge in [0, 0.05) is 25.5 Å². The Labute approximate surface area is 211 Å². The normalized spacial score (nSPS) is 12.1. The van der Waals surface area contributed by atoms with Gasteiger partial charge in [0.1, 0.15) is 5.78 Å². The molecule has 1 amide bonds. The van der Waals surface area contributed by atoms with Gasteiger partial charge in [-0.15, -0.1) is 0 Å². The van der Waals surface area contributed by atoms with Gasteiger partial charge in [0.25, 0.3) is 0 Å². The largest absolute Gasteiger partial charge is 0.379 e. The molecule has 0 aliphatic heterocycles. The van der Waals surface area contributed by atoms with Crippen molar-refractivity contribution < 1.29 is 42.7 Å². The average Bonchev–Trinajstić information content (AvgIpc) is 2.84. The number of nitrogens with one attached hydrogen (secondary N) is 1. The predicted molar refractivity (Wildman–Crippen MR) is 133 cm³/mol. The lowest BCUT2D eigenvalue weighted by atomic mass is 10.0. The SMILES string of the molecule is CCOCCOCCOCCOCCOCCOCCOCCC(=O)NCCCC[C@H](C)C(C)=O. The summed E-state index contributed by atoms with van der Waals surface area (Å²) in [6.45, 7) is 13.5. The zero-order valence-electron chi connectivity index (χ0n) is 22.2. The predicted octanol–water partition coefficient (Wildman–Crippen LogP) is 2.02. The van der Waals surface area contributed by atoms with E-state index in [1.54, 1.807) is 6.92 Å². The Kier molecular flexibility index (Phi) is 26.6. The van der Waals surface area contributed by atoms with E-state index < -0.39 is 0 Å². The van der Waals surface area contributed by atoms with Crippen molar-refractivity contribution >= 4 is 11.7 Å². The lowest BCUT2D eigenvalue weighted by Crippen LogP contribution is -2.25. The molecule has 0 heterocycles. The number of hydrogen-bond donors (Lipinski definition) is 1. The second kappa shape index (κ2) is 27.4. The van der Waals surface area contributed by atoms with Crippen LogP contribution in [-0.2, 0) is 42.7 Å². The van der Waals surface area contributed by atoms with E-state index in [9.17, 15) is 9.59 Å². The third-order valence-corrected chi connectivity index (χ3v) is 4.99. The molecule has 0 aliphatic carbocycles. The second-order valence-electron chi connectivity index (χ2n) is 7.98. The summed E-state index contributed by atoms with van der Waals surface area (Å²) in [6, 6.07) is 0. The molecule has 0 bridgehead atoms. The monoisotopic (exact) mass is 507 g/mol. The highest BCUT2D eigenvalue weighted by atomic mass is 16.6. The van der Waals surface area contributed by atoms with Gasteiger partial charge in [0.05, 0.1) is 85.9 Å². The molecule has 1 atom stereocenters. The number of carbonyl (C=O) groups is 2. The molecular weight excluding hydrogens is 458 g/mol. The Morgan fingerprint density at radius 3 is 1.43 bits per heavy atom. The van der Waals surface area contributed by atoms with Gasteiger partial charge < -0.3 is 38.5 Å². The Morgan fingerprint density at radius 1 is 0.629 bits per heavy atom. The van der Waals surface area contributed by atoms with E-state index in [1.807, 2.05) is 13.8 Å². The van der Waals surface area contributed by atoms with E-state index in [0.717, 1.165) is 19.3 Å². The molecule has 35 heavy (non-hydrogen) atoms. The van der Waals surface area contributed by atoms with Crippen molar-refractivity contribution in [1.82, 2.24) is 5.32 Å². The highest BCUT2D eigenvalue weighted by Gasteiger charge is 2.07. The Bertz CT molecular complexity index is 480. The minimum atomic E-state index is -0.0184. The minimum absolute atomic E-state index is 0.0184. The number of Topliss-reactive ketones (excluding diaryl/α,β-unsaturated/α-hetero) is 1. The van der Waals surface area contributed by atoms with E-state index in [-0.39, 0.29) is 17.6 Å². The molecular formula is C25H49NO9. The summed E-state index contributed by atoms with van der Waals surface area (Å²) in [5, 5.41) is 2.87. The van der Waals surface area contributed by atoms with E-state index in [0.29, 0.717) is 105 Å². The molecule has 0 aromatic rings. The van der Waals surface area contributed by atoms with Gasteiger partial charge in [-0.1, -0.05) is 13.3 Å². The van der Waals surface area contributed by atoms with E-state index in [4.69, 9.17) is 33.2 Å². The summed E-state index contributed by atoms with van der Waals surface area (Å²) in [4.78, 5) is 22.9. The molecule has 0 aliphatic rings. The van der Waals surface area contributed by atoms with E-state index >= 15 is 0 Å². The molecule has 0 unspecified atom stereocenters. The molecule has 0 aromatic carbocycles. The maximum absolute atomic E-state index is 11.7. The standard InChI is InChI=1S/C25H49NO9/c1-4-29-11-12-31-15-16-33-19-20-35-22-21-34-18-17-32-14-13-30-10-8-25(28)26-9-6-5-7-23(2)24(3)27/h23H,4-22H2,1-3H3,(H,26,28)/t23-/m0/s1. The average molecular weight is 508 g/mol. The Hall–Kier alpha value is -1.14. The van der Waals surface area contributed by atoms with Gasteiger partial charge in [-0.3, -0.25) is 9.59 Å². The maximum Gasteiger partial charge on any atom is 0.222 e. The molecule has 208 valence electrons. The Balaban J connectivity index is 3.16. The van der Waals surface area contributed by atoms with Gasteiger partial charge in [0.15, 0.2) is 0 Å². The summed E-state index contributed by atoms with van der Waals surface area (Å²) in [7, 11) is 0. The molecule has 10 heteroatoms. The first-order valence-electron chi connectivity index (χ1n) is 12.9. The topological polar surface area (TPSA) is 111 Å². The molecule has 0 rings (SSSR count). The first kappa shape index (κ1) is 33.9. The molecule has 1 N–H and O–H groups in total. The molecule has 0 saturated heterocycles. The molecule has 0 saturated carbocycles. The number of ether oxygens (including phenoxy) is 7. The molecule has 0 aromatic heterocycles. The summed E-state index contributed by atoms with van der Waals surface area (Å²) in [5.41, 5.74) is 0. The van der Waals surface area contributed by atoms with Crippen LogP contribution in [-0.4, -0.2) is 111 Å². The number of ketones is 1. The summed E-state index contributed by atoms with van der Waals surface area (Å²) < 4.78 is 37.6. The van der Waals surface area contributed by atoms with Gasteiger partial charge in [-0.25, -0.2) is 0 Å². The lowest BCUT2D eigenvalue weighted by molar-refractivity contribution is -0.122. The fourth-order valence-corrected chi connectivity index (χ4v) is 2.72. The third kappa shape index (κ3) is 27.3. The van der Waals surface area contributed by atoms with Crippen molar-refractivity contribution in [3.8, 4) is 0 Å². The van der Waals surface area contributed by atoms with Crippen LogP contribution in [0.15, 0.2) is 0 Å². The quantitative estimate of drug-likeness (QED) is 0.159. The number of unbranched alkanes of at least 4 members (excludes halogenated alkanes) is 1. The zero-order valence-corrected chi connectivity index (χ0v) is 22.2. The summed E-state index contributed by atoms with van der Waals surface area (Å²) >= 11 is 0. The fraction of sp³-hybridized carbons (Fsp3) is 0.920. The zero-order chi connectivity index (χ0) is 25.8. The van der Waals surface area contributed by atoms with Crippen LogP contribution in [0.25, 0.3) is 0 Å². The van der Waals surface area contributed by atoms with Crippen LogP contribution in [0.3, 0.4) is 0 Å². The fourth-order valence-electron chi connectivity index (χ4n) is 2.72. The number of hydrogen-bond acceptors (Lipinski definition) is 9. The van der Waals surface area contributed by atoms with Crippen molar-refractivity contribution in [3.63, 3.8) is 0 Å². The number of carbonyl (C=O) groups excluding carboxylic acids is 2. The molecule has 0 spiro atoms. The molecule has 0 fully saturated rings. The van der Waals surface area contributed by atoms with Crippen LogP contribution >= 0.6 is 0 Å². The maximum atomic E-state index is 11.7. The van der Waals surface area contributed by atoms with Crippen molar-refractivity contribution in [3.05, 3.63) is 0 Å². The number of amides is 1. The molecule has 10 nitrogen and oxygen atoms in total. The van der Waals surface area contributed by atoms with Crippen molar-refractivity contribution in [2.75, 3.05) is 99.0 Å². The second-order valence-corrected chi connectivity index (χ2v) is 7.98. The van der Waals surface area contributed by atoms with E-state index in [1.165, 1.54) is 0 Å². The van der Waals surface area contributed by atoms with Crippen LogP contribution in [0.2, 0.25) is 0 Å². The third-order valence-electron chi connectivity index (χ3n) is 4.99. The van der Waals surface area contributed by atoms with Crippen molar-refractivity contribution in [2.45, 2.75) is 46.5 Å².